The molecule has 0 atom stereocenters. The average molecular weight is 372 g/mol. The molecule has 2 rings (SSSR count). The molecule has 2 amide bonds. The van der Waals surface area contributed by atoms with Gasteiger partial charge in [-0.05, 0) is 42.3 Å². The molecule has 0 aliphatic heterocycles. The van der Waals surface area contributed by atoms with Gasteiger partial charge in [-0.2, -0.15) is 5.10 Å². The lowest BCUT2D eigenvalue weighted by molar-refractivity contribution is -0.136. The molecule has 0 saturated heterocycles. The molecule has 0 bridgehead atoms. The van der Waals surface area contributed by atoms with Crippen LogP contribution in [-0.2, 0) is 9.59 Å². The number of anilines is 1. The summed E-state index contributed by atoms with van der Waals surface area (Å²) in [6.07, 6.45) is 3.05. The Labute approximate surface area is 156 Å². The topological polar surface area (TPSA) is 79.8 Å². The van der Waals surface area contributed by atoms with Crippen molar-refractivity contribution in [1.29, 1.82) is 0 Å². The van der Waals surface area contributed by atoms with Gasteiger partial charge in [0.05, 0.1) is 6.21 Å². The number of nitrogens with zero attached hydrogens (tertiary/aromatic N) is 1. The molecule has 0 aliphatic rings. The second kappa shape index (κ2) is 9.39. The van der Waals surface area contributed by atoms with Crippen LogP contribution in [0, 0.1) is 6.92 Å². The molecule has 0 saturated carbocycles. The molecule has 0 fully saturated rings. The second-order valence-corrected chi connectivity index (χ2v) is 5.65. The van der Waals surface area contributed by atoms with Crippen LogP contribution in [0.2, 0.25) is 5.02 Å². The molecular weight excluding hydrogens is 354 g/mol. The minimum absolute atomic E-state index is 0.389. The van der Waals surface area contributed by atoms with E-state index in [2.05, 4.69) is 22.4 Å². The highest BCUT2D eigenvalue weighted by Gasteiger charge is 2.14. The van der Waals surface area contributed by atoms with Crippen molar-refractivity contribution in [2.24, 2.45) is 5.10 Å². The molecule has 0 aromatic heterocycles. The van der Waals surface area contributed by atoms with Gasteiger partial charge in [0.1, 0.15) is 12.4 Å². The molecule has 0 unspecified atom stereocenters. The van der Waals surface area contributed by atoms with Crippen molar-refractivity contribution in [2.75, 3.05) is 11.9 Å². The van der Waals surface area contributed by atoms with Crippen molar-refractivity contribution < 1.29 is 14.3 Å². The number of carbonyl (C=O) groups excluding carboxylic acids is 2. The monoisotopic (exact) mass is 371 g/mol. The molecular formula is C19H18ClN3O3. The first-order valence-electron chi connectivity index (χ1n) is 7.74. The zero-order chi connectivity index (χ0) is 18.9. The third-order valence-electron chi connectivity index (χ3n) is 3.33. The largest absolute Gasteiger partial charge is 0.490 e. The van der Waals surface area contributed by atoms with Crippen LogP contribution in [0.5, 0.6) is 5.75 Å². The maximum Gasteiger partial charge on any atom is 0.329 e. The minimum atomic E-state index is -0.889. The molecule has 26 heavy (non-hydrogen) atoms. The third-order valence-corrected chi connectivity index (χ3v) is 3.74. The fourth-order valence-corrected chi connectivity index (χ4v) is 2.15. The summed E-state index contributed by atoms with van der Waals surface area (Å²) in [4.78, 5) is 23.8. The van der Waals surface area contributed by atoms with Gasteiger partial charge in [-0.1, -0.05) is 42.5 Å². The van der Waals surface area contributed by atoms with Gasteiger partial charge >= 0.3 is 11.8 Å². The van der Waals surface area contributed by atoms with Crippen LogP contribution in [0.3, 0.4) is 0 Å². The first-order chi connectivity index (χ1) is 12.5. The summed E-state index contributed by atoms with van der Waals surface area (Å²) >= 11 is 5.98. The van der Waals surface area contributed by atoms with Crippen molar-refractivity contribution in [3.8, 4) is 5.75 Å². The van der Waals surface area contributed by atoms with E-state index in [-0.39, 0.29) is 0 Å². The van der Waals surface area contributed by atoms with Gasteiger partial charge in [0, 0.05) is 10.7 Å². The molecule has 2 aromatic rings. The number of hydrogen-bond acceptors (Lipinski definition) is 4. The van der Waals surface area contributed by atoms with Gasteiger partial charge < -0.3 is 10.1 Å². The van der Waals surface area contributed by atoms with Crippen LogP contribution < -0.4 is 15.5 Å². The van der Waals surface area contributed by atoms with E-state index in [4.69, 9.17) is 16.3 Å². The Morgan fingerprint density at radius 1 is 1.23 bits per heavy atom. The molecule has 6 nitrogen and oxygen atoms in total. The Morgan fingerprint density at radius 2 is 2.00 bits per heavy atom. The van der Waals surface area contributed by atoms with Crippen LogP contribution in [0.1, 0.15) is 11.1 Å². The molecule has 134 valence electrons. The Balaban J connectivity index is 1.93. The summed E-state index contributed by atoms with van der Waals surface area (Å²) in [5.41, 5.74) is 4.03. The van der Waals surface area contributed by atoms with E-state index in [0.717, 1.165) is 0 Å². The number of carbonyl (C=O) groups is 2. The molecule has 2 N–H and O–H groups in total. The summed E-state index contributed by atoms with van der Waals surface area (Å²) < 4.78 is 5.41. The van der Waals surface area contributed by atoms with Gasteiger partial charge in [0.25, 0.3) is 0 Å². The zero-order valence-electron chi connectivity index (χ0n) is 14.2. The van der Waals surface area contributed by atoms with E-state index < -0.39 is 11.8 Å². The van der Waals surface area contributed by atoms with E-state index in [1.54, 1.807) is 55.5 Å². The number of rotatable bonds is 6. The van der Waals surface area contributed by atoms with Crippen molar-refractivity contribution in [3.05, 3.63) is 71.3 Å². The average Bonchev–Trinajstić information content (AvgIpc) is 2.64. The quantitative estimate of drug-likeness (QED) is 0.354. The fourth-order valence-electron chi connectivity index (χ4n) is 1.98. The maximum absolute atomic E-state index is 11.9. The smallest absolute Gasteiger partial charge is 0.329 e. The summed E-state index contributed by atoms with van der Waals surface area (Å²) in [6.45, 7) is 5.71. The number of halogens is 1. The Bertz CT molecular complexity index is 850. The van der Waals surface area contributed by atoms with Crippen LogP contribution in [-0.4, -0.2) is 24.6 Å². The van der Waals surface area contributed by atoms with Gasteiger partial charge in [0.2, 0.25) is 0 Å². The highest BCUT2D eigenvalue weighted by Crippen LogP contribution is 2.22. The Morgan fingerprint density at radius 3 is 2.77 bits per heavy atom. The van der Waals surface area contributed by atoms with Gasteiger partial charge in [-0.25, -0.2) is 5.43 Å². The number of ether oxygens (including phenoxy) is 1. The van der Waals surface area contributed by atoms with Crippen LogP contribution >= 0.6 is 11.6 Å². The number of benzene rings is 2. The lowest BCUT2D eigenvalue weighted by Crippen LogP contribution is -2.32. The van der Waals surface area contributed by atoms with Crippen LogP contribution in [0.25, 0.3) is 0 Å². The maximum atomic E-state index is 11.9. The number of nitrogens with one attached hydrogen (secondary N) is 2. The SMILES string of the molecule is C=CCOc1cccc(C=NNC(=O)C(=O)Nc2cccc(Cl)c2C)c1. The lowest BCUT2D eigenvalue weighted by Gasteiger charge is -2.08. The highest BCUT2D eigenvalue weighted by molar-refractivity contribution is 6.40. The predicted octanol–water partition coefficient (Wildman–Crippen LogP) is 3.30. The standard InChI is InChI=1S/C19H18ClN3O3/c1-3-10-26-15-7-4-6-14(11-15)12-21-23-19(25)18(24)22-17-9-5-8-16(20)13(17)2/h3-9,11-12H,1,10H2,2H3,(H,22,24)(H,23,25). The molecule has 0 aliphatic carbocycles. The molecule has 2 aromatic carbocycles. The number of hydrogen-bond donors (Lipinski definition) is 2. The van der Waals surface area contributed by atoms with E-state index in [1.807, 2.05) is 0 Å². The van der Waals surface area contributed by atoms with Gasteiger partial charge in [-0.15, -0.1) is 0 Å². The second-order valence-electron chi connectivity index (χ2n) is 5.24. The summed E-state index contributed by atoms with van der Waals surface area (Å²) in [5.74, 6) is -1.08. The van der Waals surface area contributed by atoms with E-state index in [1.165, 1.54) is 6.21 Å². The number of hydrazone groups is 1. The van der Waals surface area contributed by atoms with Crippen molar-refractivity contribution in [3.63, 3.8) is 0 Å². The minimum Gasteiger partial charge on any atom is -0.490 e. The summed E-state index contributed by atoms with van der Waals surface area (Å²) in [7, 11) is 0. The zero-order valence-corrected chi connectivity index (χ0v) is 14.9. The van der Waals surface area contributed by atoms with Crippen molar-refractivity contribution in [1.82, 2.24) is 5.43 Å². The molecule has 7 heteroatoms. The molecule has 0 radical (unpaired) electrons. The van der Waals surface area contributed by atoms with Crippen molar-refractivity contribution in [2.45, 2.75) is 6.92 Å². The van der Waals surface area contributed by atoms with Gasteiger partial charge in [0.15, 0.2) is 0 Å². The normalized spacial score (nSPS) is 10.4. The molecule has 0 heterocycles. The first kappa shape index (κ1) is 19.2. The van der Waals surface area contributed by atoms with Gasteiger partial charge in [-0.3, -0.25) is 9.59 Å². The first-order valence-corrected chi connectivity index (χ1v) is 8.12. The Hall–Kier alpha value is -3.12. The van der Waals surface area contributed by atoms with Crippen LogP contribution in [0.15, 0.2) is 60.2 Å². The summed E-state index contributed by atoms with van der Waals surface area (Å²) in [5, 5.41) is 6.77. The predicted molar refractivity (Wildman–Crippen MR) is 103 cm³/mol. The summed E-state index contributed by atoms with van der Waals surface area (Å²) in [6, 6.07) is 12.1. The third kappa shape index (κ3) is 5.46. The Kier molecular flexibility index (Phi) is 6.93. The molecule has 0 spiro atoms. The van der Waals surface area contributed by atoms with Crippen molar-refractivity contribution >= 4 is 35.3 Å². The van der Waals surface area contributed by atoms with E-state index >= 15 is 0 Å². The fraction of sp³-hybridized carbons (Fsp3) is 0.105. The van der Waals surface area contributed by atoms with E-state index in [0.29, 0.717) is 34.2 Å². The number of amides is 2. The highest BCUT2D eigenvalue weighted by atomic mass is 35.5. The van der Waals surface area contributed by atoms with Crippen LogP contribution in [0.4, 0.5) is 5.69 Å². The lowest BCUT2D eigenvalue weighted by atomic mass is 10.2. The van der Waals surface area contributed by atoms with E-state index in [9.17, 15) is 9.59 Å².